The van der Waals surface area contributed by atoms with Crippen LogP contribution in [0, 0.1) is 0 Å². The topological polar surface area (TPSA) is 76.2 Å². The maximum Gasteiger partial charge on any atom is 0.239 e. The molecule has 2 aromatic carbocycles. The van der Waals surface area contributed by atoms with Crippen LogP contribution in [-0.2, 0) is 11.2 Å². The van der Waals surface area contributed by atoms with Crippen LogP contribution < -0.4 is 10.1 Å². The van der Waals surface area contributed by atoms with Crippen molar-refractivity contribution in [1.29, 1.82) is 0 Å². The number of carbonyl (C=O) groups excluding carboxylic acids is 1. The van der Waals surface area contributed by atoms with E-state index in [0.717, 1.165) is 16.9 Å². The van der Waals surface area contributed by atoms with Crippen LogP contribution in [0.2, 0.25) is 5.02 Å². The summed E-state index contributed by atoms with van der Waals surface area (Å²) in [6.07, 6.45) is 2.10. The second-order valence-corrected chi connectivity index (χ2v) is 8.08. The summed E-state index contributed by atoms with van der Waals surface area (Å²) in [5, 5.41) is 11.7. The van der Waals surface area contributed by atoms with Crippen LogP contribution in [0.5, 0.6) is 5.75 Å². The Bertz CT molecular complexity index is 1110. The Balaban J connectivity index is 1.38. The number of furan rings is 1. The lowest BCUT2D eigenvalue weighted by molar-refractivity contribution is -0.118. The summed E-state index contributed by atoms with van der Waals surface area (Å²) in [4.78, 5) is 12.2. The van der Waals surface area contributed by atoms with E-state index in [1.54, 1.807) is 13.2 Å². The van der Waals surface area contributed by atoms with Gasteiger partial charge in [0.2, 0.25) is 5.91 Å². The number of carbonyl (C=O) groups is 1. The predicted octanol–water partition coefficient (Wildman–Crippen LogP) is 4.77. The molecule has 1 aliphatic heterocycles. The second-order valence-electron chi connectivity index (χ2n) is 6.48. The fourth-order valence-corrected chi connectivity index (χ4v) is 4.12. The van der Waals surface area contributed by atoms with Crippen LogP contribution in [0.25, 0.3) is 11.3 Å². The van der Waals surface area contributed by atoms with E-state index < -0.39 is 0 Å². The number of methoxy groups -OCH3 is 1. The van der Waals surface area contributed by atoms with Crippen molar-refractivity contribution < 1.29 is 13.9 Å². The SMILES string of the molecule is COc1ccc(CC2S/C(=N/N=C/c3ccc(-c4ccccc4Cl)o3)NC2=O)cc1. The zero-order valence-corrected chi connectivity index (χ0v) is 17.6. The molecule has 4 rings (SSSR count). The van der Waals surface area contributed by atoms with Crippen LogP contribution >= 0.6 is 23.4 Å². The van der Waals surface area contributed by atoms with Crippen molar-refractivity contribution in [3.05, 3.63) is 77.0 Å². The zero-order valence-electron chi connectivity index (χ0n) is 16.0. The van der Waals surface area contributed by atoms with Crippen molar-refractivity contribution in [2.45, 2.75) is 11.7 Å². The number of benzene rings is 2. The van der Waals surface area contributed by atoms with Gasteiger partial charge < -0.3 is 14.5 Å². The highest BCUT2D eigenvalue weighted by atomic mass is 35.5. The summed E-state index contributed by atoms with van der Waals surface area (Å²) in [5.41, 5.74) is 1.86. The minimum absolute atomic E-state index is 0.0798. The number of rotatable bonds is 6. The average Bonchev–Trinajstić information content (AvgIpc) is 3.36. The maximum absolute atomic E-state index is 12.2. The van der Waals surface area contributed by atoms with Gasteiger partial charge in [-0.25, -0.2) is 0 Å². The van der Waals surface area contributed by atoms with Crippen LogP contribution in [0.3, 0.4) is 0 Å². The summed E-state index contributed by atoms with van der Waals surface area (Å²) in [6, 6.07) is 18.7. The van der Waals surface area contributed by atoms with Gasteiger partial charge in [-0.1, -0.05) is 47.6 Å². The highest BCUT2D eigenvalue weighted by Crippen LogP contribution is 2.29. The van der Waals surface area contributed by atoms with Crippen molar-refractivity contribution >= 4 is 40.7 Å². The molecular weight excluding hydrogens is 422 g/mol. The number of thioether (sulfide) groups is 1. The molecule has 6 nitrogen and oxygen atoms in total. The molecule has 2 heterocycles. The first kappa shape index (κ1) is 20.3. The molecule has 152 valence electrons. The molecule has 1 atom stereocenters. The highest BCUT2D eigenvalue weighted by molar-refractivity contribution is 8.15. The van der Waals surface area contributed by atoms with Gasteiger partial charge >= 0.3 is 0 Å². The zero-order chi connectivity index (χ0) is 20.9. The van der Waals surface area contributed by atoms with Gasteiger partial charge in [0.25, 0.3) is 0 Å². The average molecular weight is 440 g/mol. The molecular formula is C22H18ClN3O3S. The summed E-state index contributed by atoms with van der Waals surface area (Å²) in [6.45, 7) is 0. The first-order valence-corrected chi connectivity index (χ1v) is 10.4. The van der Waals surface area contributed by atoms with Crippen molar-refractivity contribution in [1.82, 2.24) is 5.32 Å². The first-order chi connectivity index (χ1) is 14.6. The van der Waals surface area contributed by atoms with E-state index in [4.69, 9.17) is 20.8 Å². The van der Waals surface area contributed by atoms with Gasteiger partial charge in [-0.3, -0.25) is 4.79 Å². The normalized spacial score (nSPS) is 17.6. The number of hydrogen-bond donors (Lipinski definition) is 1. The molecule has 30 heavy (non-hydrogen) atoms. The predicted molar refractivity (Wildman–Crippen MR) is 120 cm³/mol. The van der Waals surface area contributed by atoms with E-state index in [1.165, 1.54) is 18.0 Å². The number of halogens is 1. The molecule has 1 aliphatic rings. The molecule has 8 heteroatoms. The van der Waals surface area contributed by atoms with E-state index >= 15 is 0 Å². The molecule has 0 bridgehead atoms. The van der Waals surface area contributed by atoms with Crippen LogP contribution in [0.4, 0.5) is 0 Å². The monoisotopic (exact) mass is 439 g/mol. The first-order valence-electron chi connectivity index (χ1n) is 9.18. The standard InChI is InChI=1S/C22H18ClN3O3S/c1-28-15-8-6-14(7-9-15)12-20-21(27)25-22(30-20)26-24-13-16-10-11-19(29-16)17-4-2-3-5-18(17)23/h2-11,13,20H,12H2,1H3,(H,25,26,27)/b24-13+. The lowest BCUT2D eigenvalue weighted by Crippen LogP contribution is -2.25. The van der Waals surface area contributed by atoms with Crippen molar-refractivity contribution in [3.63, 3.8) is 0 Å². The third-order valence-electron chi connectivity index (χ3n) is 4.46. The molecule has 0 spiro atoms. The van der Waals surface area contributed by atoms with Gasteiger partial charge in [-0.2, -0.15) is 5.10 Å². The van der Waals surface area contributed by atoms with Crippen molar-refractivity contribution in [2.75, 3.05) is 7.11 Å². The number of amides is 1. The largest absolute Gasteiger partial charge is 0.497 e. The molecule has 1 unspecified atom stereocenters. The van der Waals surface area contributed by atoms with E-state index in [2.05, 4.69) is 15.5 Å². The summed E-state index contributed by atoms with van der Waals surface area (Å²) in [5.74, 6) is 1.90. The van der Waals surface area contributed by atoms with Crippen LogP contribution in [0.15, 0.2) is 75.3 Å². The summed E-state index contributed by atoms with van der Waals surface area (Å²) >= 11 is 7.55. The van der Waals surface area contributed by atoms with Crippen LogP contribution in [-0.4, -0.2) is 29.6 Å². The van der Waals surface area contributed by atoms with E-state index in [1.807, 2.05) is 54.6 Å². The Labute approximate surface area is 183 Å². The molecule has 0 saturated carbocycles. The summed E-state index contributed by atoms with van der Waals surface area (Å²) in [7, 11) is 1.62. The lowest BCUT2D eigenvalue weighted by atomic mass is 10.1. The van der Waals surface area contributed by atoms with E-state index in [-0.39, 0.29) is 11.2 Å². The number of nitrogens with zero attached hydrogens (tertiary/aromatic N) is 2. The van der Waals surface area contributed by atoms with Gasteiger partial charge in [-0.15, -0.1) is 5.10 Å². The maximum atomic E-state index is 12.2. The number of nitrogens with one attached hydrogen (secondary N) is 1. The summed E-state index contributed by atoms with van der Waals surface area (Å²) < 4.78 is 10.9. The Morgan fingerprint density at radius 1 is 1.17 bits per heavy atom. The van der Waals surface area contributed by atoms with Crippen molar-refractivity contribution in [2.24, 2.45) is 10.2 Å². The molecule has 0 aliphatic carbocycles. The smallest absolute Gasteiger partial charge is 0.239 e. The fourth-order valence-electron chi connectivity index (χ4n) is 2.93. The van der Waals surface area contributed by atoms with E-state index in [0.29, 0.717) is 28.1 Å². The van der Waals surface area contributed by atoms with Gasteiger partial charge in [0.1, 0.15) is 17.3 Å². The fraction of sp³-hybridized carbons (Fsp3) is 0.136. The van der Waals surface area contributed by atoms with Gasteiger partial charge in [-0.05, 0) is 48.4 Å². The van der Waals surface area contributed by atoms with E-state index in [9.17, 15) is 4.79 Å². The van der Waals surface area contributed by atoms with Gasteiger partial charge in [0, 0.05) is 5.56 Å². The third kappa shape index (κ3) is 4.75. The number of ether oxygens (including phenoxy) is 1. The molecule has 1 saturated heterocycles. The Kier molecular flexibility index (Phi) is 6.21. The minimum Gasteiger partial charge on any atom is -0.497 e. The molecule has 1 fully saturated rings. The Hall–Kier alpha value is -3.03. The molecule has 1 aromatic heterocycles. The Morgan fingerprint density at radius 2 is 1.97 bits per heavy atom. The van der Waals surface area contributed by atoms with Gasteiger partial charge in [0.05, 0.1) is 23.6 Å². The molecule has 1 N–H and O–H groups in total. The number of hydrogen-bond acceptors (Lipinski definition) is 6. The molecule has 3 aromatic rings. The quantitative estimate of drug-likeness (QED) is 0.443. The number of amidine groups is 1. The third-order valence-corrected chi connectivity index (χ3v) is 5.86. The molecule has 1 amide bonds. The highest BCUT2D eigenvalue weighted by Gasteiger charge is 2.30. The second kappa shape index (κ2) is 9.19. The molecule has 0 radical (unpaired) electrons. The van der Waals surface area contributed by atoms with Gasteiger partial charge in [0.15, 0.2) is 5.17 Å². The minimum atomic E-state index is -0.247. The lowest BCUT2D eigenvalue weighted by Gasteiger charge is -2.06. The van der Waals surface area contributed by atoms with Crippen molar-refractivity contribution in [3.8, 4) is 17.1 Å². The Morgan fingerprint density at radius 3 is 2.73 bits per heavy atom. The van der Waals surface area contributed by atoms with Crippen LogP contribution in [0.1, 0.15) is 11.3 Å².